The molecule has 1 aliphatic rings. The molecule has 0 saturated heterocycles. The molecule has 0 radical (unpaired) electrons. The second-order valence-electron chi connectivity index (χ2n) is 5.19. The minimum absolute atomic E-state index is 0.467. The van der Waals surface area contributed by atoms with Crippen LogP contribution in [0.15, 0.2) is 30.1 Å². The molecule has 0 aromatic carbocycles. The molecule has 0 aliphatic heterocycles. The van der Waals surface area contributed by atoms with Gasteiger partial charge in [-0.15, -0.1) is 0 Å². The molecule has 1 aliphatic carbocycles. The van der Waals surface area contributed by atoms with Crippen LogP contribution in [0.5, 0.6) is 10.8 Å². The summed E-state index contributed by atoms with van der Waals surface area (Å²) < 4.78 is 5.92. The van der Waals surface area contributed by atoms with Crippen molar-refractivity contribution in [3.63, 3.8) is 0 Å². The number of primary amides is 1. The van der Waals surface area contributed by atoms with Gasteiger partial charge in [0.25, 0.3) is 5.91 Å². The summed E-state index contributed by atoms with van der Waals surface area (Å²) in [7, 11) is 0. The van der Waals surface area contributed by atoms with E-state index in [1.165, 1.54) is 17.5 Å². The van der Waals surface area contributed by atoms with Crippen LogP contribution >= 0.6 is 23.6 Å². The second kappa shape index (κ2) is 6.10. The number of hydrogen-bond acceptors (Lipinski definition) is 6. The number of carbonyl (C=O) groups excluding carboxylic acids is 1. The highest BCUT2D eigenvalue weighted by atomic mass is 32.1. The summed E-state index contributed by atoms with van der Waals surface area (Å²) in [5.41, 5.74) is 14.5. The first-order chi connectivity index (χ1) is 11.0. The van der Waals surface area contributed by atoms with Gasteiger partial charge in [0.1, 0.15) is 5.75 Å². The topological polar surface area (TPSA) is 91.2 Å². The summed E-state index contributed by atoms with van der Waals surface area (Å²) in [6.07, 6.45) is 4.52. The zero-order chi connectivity index (χ0) is 16.6. The lowest BCUT2D eigenvalue weighted by Gasteiger charge is -2.18. The van der Waals surface area contributed by atoms with Crippen molar-refractivity contribution in [2.24, 2.45) is 11.5 Å². The minimum Gasteiger partial charge on any atom is -0.444 e. The summed E-state index contributed by atoms with van der Waals surface area (Å²) in [6.45, 7) is 1.90. The van der Waals surface area contributed by atoms with E-state index in [4.69, 9.17) is 28.4 Å². The molecule has 0 saturated carbocycles. The zero-order valence-corrected chi connectivity index (χ0v) is 14.1. The number of rotatable bonds is 3. The SMILES string of the molecule is Cc1ccc(Oc2sc(C(N)=O)c3c2C(=S)C(=CN)CC3)cn1. The third-order valence-corrected chi connectivity index (χ3v) is 5.25. The number of carbonyl (C=O) groups is 1. The zero-order valence-electron chi connectivity index (χ0n) is 12.5. The lowest BCUT2D eigenvalue weighted by molar-refractivity contribution is 0.100. The fourth-order valence-electron chi connectivity index (χ4n) is 2.50. The van der Waals surface area contributed by atoms with E-state index in [9.17, 15) is 4.79 Å². The van der Waals surface area contributed by atoms with Crippen molar-refractivity contribution in [2.75, 3.05) is 0 Å². The van der Waals surface area contributed by atoms with Gasteiger partial charge in [-0.2, -0.15) is 0 Å². The van der Waals surface area contributed by atoms with Crippen LogP contribution < -0.4 is 16.2 Å². The summed E-state index contributed by atoms with van der Waals surface area (Å²) in [5, 5.41) is 0.559. The Bertz CT molecular complexity index is 823. The number of thiocarbonyl (C=S) groups is 1. The number of thiophene rings is 1. The van der Waals surface area contributed by atoms with Crippen LogP contribution in [0.1, 0.15) is 32.9 Å². The van der Waals surface area contributed by atoms with Crippen LogP contribution in [0.2, 0.25) is 0 Å². The van der Waals surface area contributed by atoms with Crippen molar-refractivity contribution in [1.29, 1.82) is 0 Å². The predicted octanol–water partition coefficient (Wildman–Crippen LogP) is 2.85. The van der Waals surface area contributed by atoms with Gasteiger partial charge in [-0.1, -0.05) is 23.6 Å². The maximum absolute atomic E-state index is 11.7. The number of fused-ring (bicyclic) bond motifs is 1. The van der Waals surface area contributed by atoms with Crippen molar-refractivity contribution < 1.29 is 9.53 Å². The lowest BCUT2D eigenvalue weighted by atomic mass is 9.89. The molecule has 0 atom stereocenters. The molecule has 0 spiro atoms. The first-order valence-electron chi connectivity index (χ1n) is 7.02. The van der Waals surface area contributed by atoms with E-state index in [0.717, 1.165) is 22.4 Å². The number of pyridine rings is 1. The van der Waals surface area contributed by atoms with E-state index in [2.05, 4.69) is 4.98 Å². The fourth-order valence-corrected chi connectivity index (χ4v) is 4.02. The van der Waals surface area contributed by atoms with Gasteiger partial charge < -0.3 is 16.2 Å². The van der Waals surface area contributed by atoms with Crippen LogP contribution in [0, 0.1) is 6.92 Å². The molecule has 7 heteroatoms. The number of aryl methyl sites for hydroxylation is 1. The fraction of sp³-hybridized carbons (Fsp3) is 0.188. The van der Waals surface area contributed by atoms with Gasteiger partial charge in [-0.3, -0.25) is 9.78 Å². The predicted molar refractivity (Wildman–Crippen MR) is 94.2 cm³/mol. The number of hydrogen-bond donors (Lipinski definition) is 2. The Kier molecular flexibility index (Phi) is 4.14. The molecular formula is C16H15N3O2S2. The molecule has 3 rings (SSSR count). The van der Waals surface area contributed by atoms with Gasteiger partial charge in [0.2, 0.25) is 0 Å². The highest BCUT2D eigenvalue weighted by Crippen LogP contribution is 2.43. The Morgan fingerprint density at radius 3 is 2.83 bits per heavy atom. The monoisotopic (exact) mass is 345 g/mol. The van der Waals surface area contributed by atoms with Gasteiger partial charge in [0.05, 0.1) is 21.5 Å². The Balaban J connectivity index is 2.08. The van der Waals surface area contributed by atoms with Crippen molar-refractivity contribution in [2.45, 2.75) is 19.8 Å². The summed E-state index contributed by atoms with van der Waals surface area (Å²) >= 11 is 6.73. The van der Waals surface area contributed by atoms with E-state index >= 15 is 0 Å². The van der Waals surface area contributed by atoms with Crippen molar-refractivity contribution in [1.82, 2.24) is 4.98 Å². The molecule has 118 valence electrons. The lowest BCUT2D eigenvalue weighted by Crippen LogP contribution is -2.17. The van der Waals surface area contributed by atoms with Crippen LogP contribution in [-0.2, 0) is 6.42 Å². The molecule has 4 N–H and O–H groups in total. The highest BCUT2D eigenvalue weighted by Gasteiger charge is 2.30. The number of amides is 1. The molecule has 2 aromatic rings. The first kappa shape index (κ1) is 15.6. The van der Waals surface area contributed by atoms with Gasteiger partial charge in [0.15, 0.2) is 5.06 Å². The van der Waals surface area contributed by atoms with Crippen molar-refractivity contribution >= 4 is 34.3 Å². The molecule has 0 unspecified atom stereocenters. The van der Waals surface area contributed by atoms with Crippen LogP contribution in [-0.4, -0.2) is 15.8 Å². The van der Waals surface area contributed by atoms with E-state index in [1.54, 1.807) is 6.20 Å². The third-order valence-electron chi connectivity index (χ3n) is 3.66. The molecule has 1 amide bonds. The molecule has 0 fully saturated rings. The molecule has 5 nitrogen and oxygen atoms in total. The van der Waals surface area contributed by atoms with E-state index in [-0.39, 0.29) is 0 Å². The van der Waals surface area contributed by atoms with E-state index < -0.39 is 5.91 Å². The third kappa shape index (κ3) is 2.85. The summed E-state index contributed by atoms with van der Waals surface area (Å²) in [5.74, 6) is 0.119. The number of ether oxygens (including phenoxy) is 1. The van der Waals surface area contributed by atoms with Gasteiger partial charge in [0, 0.05) is 5.69 Å². The average molecular weight is 345 g/mol. The quantitative estimate of drug-likeness (QED) is 0.659. The molecular weight excluding hydrogens is 330 g/mol. The molecule has 0 bridgehead atoms. The molecule has 23 heavy (non-hydrogen) atoms. The normalized spacial score (nSPS) is 15.5. The number of allylic oxidation sites excluding steroid dienone is 1. The van der Waals surface area contributed by atoms with Crippen LogP contribution in [0.25, 0.3) is 0 Å². The summed E-state index contributed by atoms with van der Waals surface area (Å²) in [6, 6.07) is 3.68. The Morgan fingerprint density at radius 2 is 2.22 bits per heavy atom. The maximum Gasteiger partial charge on any atom is 0.259 e. The maximum atomic E-state index is 11.7. The standard InChI is InChI=1S/C16H15N3O2S2/c1-8-2-4-10(7-19-8)21-16-12-11(14(23-16)15(18)20)5-3-9(6-17)13(12)22/h2,4,6-7H,3,5,17H2,1H3,(H2,18,20). The van der Waals surface area contributed by atoms with Gasteiger partial charge in [-0.05, 0) is 49.2 Å². The minimum atomic E-state index is -0.467. The first-order valence-corrected chi connectivity index (χ1v) is 8.25. The largest absolute Gasteiger partial charge is 0.444 e. The Labute approximate surface area is 143 Å². The van der Waals surface area contributed by atoms with Crippen molar-refractivity contribution in [3.05, 3.63) is 51.8 Å². The van der Waals surface area contributed by atoms with E-state index in [1.807, 2.05) is 19.1 Å². The van der Waals surface area contributed by atoms with Crippen LogP contribution in [0.4, 0.5) is 0 Å². The van der Waals surface area contributed by atoms with Gasteiger partial charge in [-0.25, -0.2) is 0 Å². The highest BCUT2D eigenvalue weighted by molar-refractivity contribution is 7.81. The molecule has 2 aromatic heterocycles. The second-order valence-corrected chi connectivity index (χ2v) is 6.59. The number of nitrogens with zero attached hydrogens (tertiary/aromatic N) is 1. The summed E-state index contributed by atoms with van der Waals surface area (Å²) in [4.78, 5) is 17.0. The van der Waals surface area contributed by atoms with Crippen molar-refractivity contribution in [3.8, 4) is 10.8 Å². The average Bonchev–Trinajstić information content (AvgIpc) is 2.90. The van der Waals surface area contributed by atoms with E-state index in [0.29, 0.717) is 33.4 Å². The number of aromatic nitrogens is 1. The van der Waals surface area contributed by atoms with Gasteiger partial charge >= 0.3 is 0 Å². The Hall–Kier alpha value is -2.25. The van der Waals surface area contributed by atoms with Crippen LogP contribution in [0.3, 0.4) is 0 Å². The Morgan fingerprint density at radius 1 is 1.43 bits per heavy atom. The number of nitrogens with two attached hydrogens (primary N) is 2. The smallest absolute Gasteiger partial charge is 0.259 e. The molecule has 2 heterocycles.